The Morgan fingerprint density at radius 3 is 2.37 bits per heavy atom. The topological polar surface area (TPSA) is 26.3 Å². The second kappa shape index (κ2) is 5.95. The van der Waals surface area contributed by atoms with Gasteiger partial charge in [0.25, 0.3) is 0 Å². The maximum absolute atomic E-state index is 12.4. The molecule has 0 heterocycles. The highest BCUT2D eigenvalue weighted by atomic mass is 79.9. The molecule has 19 heavy (non-hydrogen) atoms. The molecular weight excluding hydrogens is 351 g/mol. The molecule has 0 bridgehead atoms. The smallest absolute Gasteiger partial charge is 0.195 e. The van der Waals surface area contributed by atoms with E-state index in [9.17, 15) is 4.79 Å². The summed E-state index contributed by atoms with van der Waals surface area (Å²) in [6, 6.07) is 9.95. The first-order valence-corrected chi connectivity index (χ1v) is 6.91. The van der Waals surface area contributed by atoms with Crippen LogP contribution in [-0.4, -0.2) is 12.9 Å². The lowest BCUT2D eigenvalue weighted by Gasteiger charge is -2.08. The number of methoxy groups -OCH3 is 1. The third-order valence-corrected chi connectivity index (χ3v) is 3.80. The summed E-state index contributed by atoms with van der Waals surface area (Å²) in [4.78, 5) is 12.4. The van der Waals surface area contributed by atoms with Crippen molar-refractivity contribution in [3.05, 3.63) is 62.0 Å². The Bertz CT molecular complexity index is 641. The van der Waals surface area contributed by atoms with Crippen LogP contribution in [0.15, 0.2) is 40.9 Å². The zero-order chi connectivity index (χ0) is 14.0. The van der Waals surface area contributed by atoms with Crippen molar-refractivity contribution in [2.24, 2.45) is 0 Å². The van der Waals surface area contributed by atoms with Gasteiger partial charge in [-0.05, 0) is 52.3 Å². The number of halogens is 3. The molecular formula is C14H9BrCl2O2. The van der Waals surface area contributed by atoms with E-state index in [0.29, 0.717) is 31.4 Å². The van der Waals surface area contributed by atoms with E-state index in [2.05, 4.69) is 15.9 Å². The third-order valence-electron chi connectivity index (χ3n) is 2.60. The highest BCUT2D eigenvalue weighted by molar-refractivity contribution is 9.10. The first kappa shape index (κ1) is 14.4. The molecule has 98 valence electrons. The number of hydrogen-bond acceptors (Lipinski definition) is 2. The minimum atomic E-state index is -0.170. The Kier molecular flexibility index (Phi) is 4.50. The monoisotopic (exact) mass is 358 g/mol. The number of rotatable bonds is 3. The highest BCUT2D eigenvalue weighted by Gasteiger charge is 2.16. The van der Waals surface area contributed by atoms with Gasteiger partial charge in [0.15, 0.2) is 5.78 Å². The van der Waals surface area contributed by atoms with Crippen molar-refractivity contribution >= 4 is 44.9 Å². The fourth-order valence-corrected chi connectivity index (χ4v) is 2.66. The van der Waals surface area contributed by atoms with Crippen molar-refractivity contribution in [3.8, 4) is 5.75 Å². The summed E-state index contributed by atoms with van der Waals surface area (Å²) in [6.45, 7) is 0. The van der Waals surface area contributed by atoms with Crippen LogP contribution in [-0.2, 0) is 0 Å². The molecule has 0 aromatic heterocycles. The molecule has 5 heteroatoms. The number of benzene rings is 2. The molecule has 0 saturated heterocycles. The average molecular weight is 360 g/mol. The number of carbonyl (C=O) groups excluding carboxylic acids is 1. The van der Waals surface area contributed by atoms with Crippen LogP contribution in [0.4, 0.5) is 0 Å². The Hall–Kier alpha value is -1.03. The fourth-order valence-electron chi connectivity index (χ4n) is 1.63. The summed E-state index contributed by atoms with van der Waals surface area (Å²) in [6.07, 6.45) is 0. The Morgan fingerprint density at radius 1 is 1.11 bits per heavy atom. The van der Waals surface area contributed by atoms with Crippen LogP contribution in [0, 0.1) is 0 Å². The quantitative estimate of drug-likeness (QED) is 0.721. The van der Waals surface area contributed by atoms with E-state index in [1.807, 2.05) is 0 Å². The fraction of sp³-hybridized carbons (Fsp3) is 0.0714. The molecule has 0 radical (unpaired) electrons. The van der Waals surface area contributed by atoms with E-state index in [1.165, 1.54) is 0 Å². The molecule has 2 rings (SSSR count). The number of carbonyl (C=O) groups is 1. The minimum Gasteiger partial charge on any atom is -0.497 e. The SMILES string of the molecule is COc1ccc(C(=O)c2ccc(Cl)cc2Cl)c(Br)c1. The van der Waals surface area contributed by atoms with Crippen molar-refractivity contribution in [2.75, 3.05) is 7.11 Å². The lowest BCUT2D eigenvalue weighted by molar-refractivity contribution is 0.103. The molecule has 0 unspecified atom stereocenters. The van der Waals surface area contributed by atoms with Gasteiger partial charge in [-0.25, -0.2) is 0 Å². The second-order valence-corrected chi connectivity index (χ2v) is 5.50. The maximum atomic E-state index is 12.4. The molecule has 0 N–H and O–H groups in total. The van der Waals surface area contributed by atoms with E-state index < -0.39 is 0 Å². The highest BCUT2D eigenvalue weighted by Crippen LogP contribution is 2.28. The molecule has 0 aliphatic rings. The lowest BCUT2D eigenvalue weighted by atomic mass is 10.0. The first-order chi connectivity index (χ1) is 9.02. The van der Waals surface area contributed by atoms with Crippen LogP contribution in [0.2, 0.25) is 10.0 Å². The van der Waals surface area contributed by atoms with Crippen molar-refractivity contribution < 1.29 is 9.53 Å². The van der Waals surface area contributed by atoms with Gasteiger partial charge < -0.3 is 4.74 Å². The van der Waals surface area contributed by atoms with Gasteiger partial charge in [-0.15, -0.1) is 0 Å². The number of ether oxygens (including phenoxy) is 1. The molecule has 0 spiro atoms. The van der Waals surface area contributed by atoms with Crippen molar-refractivity contribution in [3.63, 3.8) is 0 Å². The van der Waals surface area contributed by atoms with Crippen LogP contribution in [0.25, 0.3) is 0 Å². The molecule has 2 aromatic rings. The van der Waals surface area contributed by atoms with Crippen LogP contribution in [0.3, 0.4) is 0 Å². The lowest BCUT2D eigenvalue weighted by Crippen LogP contribution is -2.03. The van der Waals surface area contributed by atoms with Gasteiger partial charge in [-0.2, -0.15) is 0 Å². The molecule has 0 saturated carbocycles. The minimum absolute atomic E-state index is 0.170. The van der Waals surface area contributed by atoms with Gasteiger partial charge in [-0.3, -0.25) is 4.79 Å². The predicted octanol–water partition coefficient (Wildman–Crippen LogP) is 5.00. The van der Waals surface area contributed by atoms with Gasteiger partial charge in [0.1, 0.15) is 5.75 Å². The largest absolute Gasteiger partial charge is 0.497 e. The summed E-state index contributed by atoms with van der Waals surface area (Å²) < 4.78 is 5.75. The van der Waals surface area contributed by atoms with Crippen LogP contribution < -0.4 is 4.74 Å². The van der Waals surface area contributed by atoms with Gasteiger partial charge in [0.05, 0.1) is 12.1 Å². The summed E-state index contributed by atoms with van der Waals surface area (Å²) in [7, 11) is 1.57. The molecule has 0 amide bonds. The van der Waals surface area contributed by atoms with Crippen molar-refractivity contribution in [2.45, 2.75) is 0 Å². The molecule has 2 nitrogen and oxygen atoms in total. The van der Waals surface area contributed by atoms with E-state index in [0.717, 1.165) is 0 Å². The number of ketones is 1. The Morgan fingerprint density at radius 2 is 1.79 bits per heavy atom. The normalized spacial score (nSPS) is 10.3. The van der Waals surface area contributed by atoms with Gasteiger partial charge in [0.2, 0.25) is 0 Å². The summed E-state index contributed by atoms with van der Waals surface area (Å²) in [5.74, 6) is 0.502. The third kappa shape index (κ3) is 3.11. The zero-order valence-electron chi connectivity index (χ0n) is 9.91. The maximum Gasteiger partial charge on any atom is 0.195 e. The van der Waals surface area contributed by atoms with Gasteiger partial charge in [-0.1, -0.05) is 23.2 Å². The van der Waals surface area contributed by atoms with Crippen molar-refractivity contribution in [1.29, 1.82) is 0 Å². The predicted molar refractivity (Wildman–Crippen MR) is 80.6 cm³/mol. The molecule has 0 aliphatic heterocycles. The second-order valence-electron chi connectivity index (χ2n) is 3.80. The van der Waals surface area contributed by atoms with Crippen LogP contribution in [0.1, 0.15) is 15.9 Å². The van der Waals surface area contributed by atoms with E-state index in [-0.39, 0.29) is 5.78 Å². The Balaban J connectivity index is 2.44. The molecule has 0 atom stereocenters. The van der Waals surface area contributed by atoms with Gasteiger partial charge in [0, 0.05) is 20.6 Å². The Labute approximate surface area is 129 Å². The van der Waals surface area contributed by atoms with E-state index >= 15 is 0 Å². The molecule has 0 aliphatic carbocycles. The summed E-state index contributed by atoms with van der Waals surface area (Å²) >= 11 is 15.2. The summed E-state index contributed by atoms with van der Waals surface area (Å²) in [5.41, 5.74) is 0.932. The van der Waals surface area contributed by atoms with Crippen LogP contribution >= 0.6 is 39.1 Å². The molecule has 2 aromatic carbocycles. The number of hydrogen-bond donors (Lipinski definition) is 0. The van der Waals surface area contributed by atoms with E-state index in [1.54, 1.807) is 43.5 Å². The van der Waals surface area contributed by atoms with E-state index in [4.69, 9.17) is 27.9 Å². The van der Waals surface area contributed by atoms with Crippen molar-refractivity contribution in [1.82, 2.24) is 0 Å². The first-order valence-electron chi connectivity index (χ1n) is 5.36. The summed E-state index contributed by atoms with van der Waals surface area (Å²) in [5, 5.41) is 0.829. The zero-order valence-corrected chi connectivity index (χ0v) is 13.0. The van der Waals surface area contributed by atoms with Gasteiger partial charge >= 0.3 is 0 Å². The molecule has 0 fully saturated rings. The standard InChI is InChI=1S/C14H9BrCl2O2/c1-19-9-3-5-10(12(15)7-9)14(18)11-4-2-8(16)6-13(11)17/h2-7H,1H3. The average Bonchev–Trinajstić information content (AvgIpc) is 2.37. The van der Waals surface area contributed by atoms with Crippen LogP contribution in [0.5, 0.6) is 5.75 Å².